The highest BCUT2D eigenvalue weighted by molar-refractivity contribution is 7.18. The second-order valence-corrected chi connectivity index (χ2v) is 8.84. The molecule has 2 aliphatic rings. The van der Waals surface area contributed by atoms with Gasteiger partial charge in [-0.2, -0.15) is 0 Å². The molecular weight excluding hydrogens is 352 g/mol. The third-order valence-electron chi connectivity index (χ3n) is 6.04. The minimum absolute atomic E-state index is 0.200. The van der Waals surface area contributed by atoms with Crippen LogP contribution in [0.25, 0.3) is 10.2 Å². The number of fused-ring (bicyclic) bond motifs is 2. The van der Waals surface area contributed by atoms with Gasteiger partial charge in [0.2, 0.25) is 0 Å². The first-order chi connectivity index (χ1) is 13.3. The number of thiazole rings is 1. The Kier molecular flexibility index (Phi) is 4.44. The second kappa shape index (κ2) is 7.08. The molecule has 0 saturated carbocycles. The minimum atomic E-state index is 0.200. The van der Waals surface area contributed by atoms with Crippen LogP contribution in [0.1, 0.15) is 58.1 Å². The zero-order valence-electron chi connectivity index (χ0n) is 15.5. The van der Waals surface area contributed by atoms with Crippen LogP contribution >= 0.6 is 11.3 Å². The van der Waals surface area contributed by atoms with E-state index in [0.29, 0.717) is 5.92 Å². The number of hydrogen-bond donors (Lipinski definition) is 0. The molecule has 5 rings (SSSR count). The Hall–Kier alpha value is -2.20. The number of rotatable bonds is 2. The molecule has 1 saturated heterocycles. The largest absolute Gasteiger partial charge is 0.339 e. The zero-order chi connectivity index (χ0) is 18.2. The number of aromatic nitrogens is 1. The molecule has 138 valence electrons. The molecule has 1 aliphatic carbocycles. The van der Waals surface area contributed by atoms with Crippen molar-refractivity contribution in [3.05, 3.63) is 64.2 Å². The molecule has 0 spiro atoms. The standard InChI is InChI=1S/C23H24N2OS/c26-23(19-10-9-16-5-1-2-6-18(16)15-19)25-13-11-17(12-14-25)22-24-20-7-3-4-8-21(20)27-22/h3-4,7-10,15,17H,1-2,5-6,11-14H2. The Bertz CT molecular complexity index is 952. The predicted molar refractivity (Wildman–Crippen MR) is 111 cm³/mol. The van der Waals surface area contributed by atoms with Crippen LogP contribution in [-0.4, -0.2) is 28.9 Å². The van der Waals surface area contributed by atoms with E-state index in [1.165, 1.54) is 33.7 Å². The van der Waals surface area contributed by atoms with Crippen LogP contribution in [0.15, 0.2) is 42.5 Å². The van der Waals surface area contributed by atoms with E-state index in [0.717, 1.165) is 49.9 Å². The topological polar surface area (TPSA) is 33.2 Å². The maximum absolute atomic E-state index is 13.0. The maximum Gasteiger partial charge on any atom is 0.253 e. The molecule has 0 radical (unpaired) electrons. The number of nitrogens with zero attached hydrogens (tertiary/aromatic N) is 2. The lowest BCUT2D eigenvalue weighted by atomic mass is 9.90. The summed E-state index contributed by atoms with van der Waals surface area (Å²) in [5.74, 6) is 0.682. The van der Waals surface area contributed by atoms with Gasteiger partial charge in [0.25, 0.3) is 5.91 Å². The van der Waals surface area contributed by atoms with Crippen LogP contribution < -0.4 is 0 Å². The summed E-state index contributed by atoms with van der Waals surface area (Å²) < 4.78 is 1.26. The zero-order valence-corrected chi connectivity index (χ0v) is 16.3. The first kappa shape index (κ1) is 16.9. The fraction of sp³-hybridized carbons (Fsp3) is 0.391. The van der Waals surface area contributed by atoms with Gasteiger partial charge in [0.15, 0.2) is 0 Å². The van der Waals surface area contributed by atoms with Crippen molar-refractivity contribution in [2.75, 3.05) is 13.1 Å². The molecule has 2 heterocycles. The van der Waals surface area contributed by atoms with Gasteiger partial charge >= 0.3 is 0 Å². The number of piperidine rings is 1. The molecule has 0 atom stereocenters. The van der Waals surface area contributed by atoms with Crippen LogP contribution in [-0.2, 0) is 12.8 Å². The average Bonchev–Trinajstić information content (AvgIpc) is 3.17. The molecule has 1 aliphatic heterocycles. The SMILES string of the molecule is O=C(c1ccc2c(c1)CCCC2)N1CCC(c2nc3ccccc3s2)CC1. The number of aryl methyl sites for hydroxylation is 2. The number of benzene rings is 2. The third kappa shape index (κ3) is 3.27. The monoisotopic (exact) mass is 376 g/mol. The molecule has 0 N–H and O–H groups in total. The van der Waals surface area contributed by atoms with E-state index in [9.17, 15) is 4.79 Å². The number of hydrogen-bond acceptors (Lipinski definition) is 3. The van der Waals surface area contributed by atoms with Crippen LogP contribution in [0, 0.1) is 0 Å². The van der Waals surface area contributed by atoms with Crippen molar-refractivity contribution in [2.45, 2.75) is 44.4 Å². The van der Waals surface area contributed by atoms with Crippen molar-refractivity contribution >= 4 is 27.5 Å². The van der Waals surface area contributed by atoms with Gasteiger partial charge < -0.3 is 4.90 Å². The smallest absolute Gasteiger partial charge is 0.253 e. The van der Waals surface area contributed by atoms with E-state index in [-0.39, 0.29) is 5.91 Å². The van der Waals surface area contributed by atoms with E-state index in [2.05, 4.69) is 30.3 Å². The van der Waals surface area contributed by atoms with E-state index in [4.69, 9.17) is 4.98 Å². The van der Waals surface area contributed by atoms with Gasteiger partial charge in [-0.05, 0) is 73.9 Å². The fourth-order valence-corrected chi connectivity index (χ4v) is 5.58. The quantitative estimate of drug-likeness (QED) is 0.616. The lowest BCUT2D eigenvalue weighted by Gasteiger charge is -2.31. The molecule has 3 nitrogen and oxygen atoms in total. The highest BCUT2D eigenvalue weighted by Crippen LogP contribution is 2.34. The van der Waals surface area contributed by atoms with Gasteiger partial charge in [-0.15, -0.1) is 11.3 Å². The first-order valence-electron chi connectivity index (χ1n) is 10.0. The summed E-state index contributed by atoms with van der Waals surface area (Å²) >= 11 is 1.81. The Morgan fingerprint density at radius 2 is 1.78 bits per heavy atom. The number of amides is 1. The molecule has 1 aromatic heterocycles. The van der Waals surface area contributed by atoms with E-state index in [1.54, 1.807) is 0 Å². The summed E-state index contributed by atoms with van der Waals surface area (Å²) in [5, 5.41) is 1.23. The molecule has 1 amide bonds. The number of carbonyl (C=O) groups is 1. The minimum Gasteiger partial charge on any atom is -0.339 e. The van der Waals surface area contributed by atoms with Gasteiger partial charge in [0.1, 0.15) is 0 Å². The van der Waals surface area contributed by atoms with Gasteiger partial charge in [0.05, 0.1) is 15.2 Å². The molecule has 0 bridgehead atoms. The molecule has 1 fully saturated rings. The highest BCUT2D eigenvalue weighted by Gasteiger charge is 2.27. The summed E-state index contributed by atoms with van der Waals surface area (Å²) in [4.78, 5) is 19.8. The lowest BCUT2D eigenvalue weighted by Crippen LogP contribution is -2.38. The van der Waals surface area contributed by atoms with Crippen molar-refractivity contribution < 1.29 is 4.79 Å². The molecule has 3 aromatic rings. The van der Waals surface area contributed by atoms with Crippen molar-refractivity contribution in [1.29, 1.82) is 0 Å². The molecule has 4 heteroatoms. The average molecular weight is 377 g/mol. The number of carbonyl (C=O) groups excluding carboxylic acids is 1. The number of para-hydroxylation sites is 1. The first-order valence-corrected chi connectivity index (χ1v) is 10.9. The Labute approximate surface area is 164 Å². The molecular formula is C23H24N2OS. The molecule has 2 aromatic carbocycles. The predicted octanol–water partition coefficient (Wildman–Crippen LogP) is 5.19. The maximum atomic E-state index is 13.0. The summed E-state index contributed by atoms with van der Waals surface area (Å²) in [6.07, 6.45) is 6.83. The summed E-state index contributed by atoms with van der Waals surface area (Å²) in [6.45, 7) is 1.66. The fourth-order valence-electron chi connectivity index (χ4n) is 4.44. The van der Waals surface area contributed by atoms with Gasteiger partial charge in [-0.1, -0.05) is 18.2 Å². The van der Waals surface area contributed by atoms with Crippen molar-refractivity contribution in [2.24, 2.45) is 0 Å². The van der Waals surface area contributed by atoms with E-state index in [1.807, 2.05) is 28.4 Å². The van der Waals surface area contributed by atoms with Crippen molar-refractivity contribution in [3.8, 4) is 0 Å². The van der Waals surface area contributed by atoms with Gasteiger partial charge in [-0.3, -0.25) is 4.79 Å². The summed E-state index contributed by atoms with van der Waals surface area (Å²) in [5.41, 5.74) is 4.79. The molecule has 27 heavy (non-hydrogen) atoms. The Balaban J connectivity index is 1.28. The highest BCUT2D eigenvalue weighted by atomic mass is 32.1. The lowest BCUT2D eigenvalue weighted by molar-refractivity contribution is 0.0713. The Morgan fingerprint density at radius 1 is 1.00 bits per heavy atom. The van der Waals surface area contributed by atoms with Crippen molar-refractivity contribution in [1.82, 2.24) is 9.88 Å². The van der Waals surface area contributed by atoms with Crippen LogP contribution in [0.3, 0.4) is 0 Å². The van der Waals surface area contributed by atoms with Crippen LogP contribution in [0.4, 0.5) is 0 Å². The third-order valence-corrected chi connectivity index (χ3v) is 7.24. The summed E-state index contributed by atoms with van der Waals surface area (Å²) in [6, 6.07) is 14.7. The van der Waals surface area contributed by atoms with E-state index < -0.39 is 0 Å². The Morgan fingerprint density at radius 3 is 2.59 bits per heavy atom. The van der Waals surface area contributed by atoms with Crippen LogP contribution in [0.5, 0.6) is 0 Å². The van der Waals surface area contributed by atoms with E-state index >= 15 is 0 Å². The normalized spacial score (nSPS) is 17.9. The van der Waals surface area contributed by atoms with Crippen molar-refractivity contribution in [3.63, 3.8) is 0 Å². The number of likely N-dealkylation sites (tertiary alicyclic amines) is 1. The van der Waals surface area contributed by atoms with Gasteiger partial charge in [-0.25, -0.2) is 4.98 Å². The molecule has 0 unspecified atom stereocenters. The second-order valence-electron chi connectivity index (χ2n) is 7.78. The summed E-state index contributed by atoms with van der Waals surface area (Å²) in [7, 11) is 0. The van der Waals surface area contributed by atoms with Gasteiger partial charge in [0, 0.05) is 24.6 Å². The van der Waals surface area contributed by atoms with Crippen LogP contribution in [0.2, 0.25) is 0 Å².